The molecule has 0 aromatic carbocycles. The van der Waals surface area contributed by atoms with Gasteiger partial charge in [-0.25, -0.2) is 8.78 Å². The molecule has 0 saturated heterocycles. The van der Waals surface area contributed by atoms with E-state index in [4.69, 9.17) is 5.11 Å². The molecule has 1 rings (SSSR count). The SMILES string of the molecule is CCn1nc(C(C)C)cc1C(=O)N(CCO)CC(F)F. The molecular weight excluding hydrogens is 268 g/mol. The standard InChI is InChI=1S/C13H21F2N3O2/c1-4-18-11(7-10(16-18)9(2)3)13(20)17(5-6-19)8-12(14)15/h7,9,12,19H,4-6,8H2,1-3H3. The Kier molecular flexibility index (Phi) is 6.06. The number of rotatable bonds is 7. The molecular formula is C13H21F2N3O2. The topological polar surface area (TPSA) is 58.4 Å². The van der Waals surface area contributed by atoms with Gasteiger partial charge in [-0.05, 0) is 18.9 Å². The highest BCUT2D eigenvalue weighted by Gasteiger charge is 2.23. The van der Waals surface area contributed by atoms with Crippen LogP contribution >= 0.6 is 0 Å². The number of aryl methyl sites for hydroxylation is 1. The van der Waals surface area contributed by atoms with Crippen LogP contribution in [0, 0.1) is 0 Å². The third kappa shape index (κ3) is 4.00. The Morgan fingerprint density at radius 1 is 1.50 bits per heavy atom. The second-order valence-corrected chi connectivity index (χ2v) is 4.79. The molecule has 0 spiro atoms. The van der Waals surface area contributed by atoms with Crippen LogP contribution < -0.4 is 0 Å². The normalized spacial score (nSPS) is 11.4. The summed E-state index contributed by atoms with van der Waals surface area (Å²) in [6.07, 6.45) is -2.63. The minimum Gasteiger partial charge on any atom is -0.395 e. The molecule has 1 amide bonds. The van der Waals surface area contributed by atoms with Gasteiger partial charge in [0.15, 0.2) is 0 Å². The van der Waals surface area contributed by atoms with Gasteiger partial charge < -0.3 is 10.0 Å². The Bertz CT molecular complexity index is 447. The van der Waals surface area contributed by atoms with Gasteiger partial charge in [-0.15, -0.1) is 0 Å². The van der Waals surface area contributed by atoms with E-state index in [0.29, 0.717) is 6.54 Å². The van der Waals surface area contributed by atoms with E-state index in [1.165, 1.54) is 4.68 Å². The fourth-order valence-electron chi connectivity index (χ4n) is 1.86. The van der Waals surface area contributed by atoms with Gasteiger partial charge in [0, 0.05) is 13.1 Å². The number of nitrogens with zero attached hydrogens (tertiary/aromatic N) is 3. The number of alkyl halides is 2. The summed E-state index contributed by atoms with van der Waals surface area (Å²) in [5.74, 6) is -0.378. The Hall–Kier alpha value is -1.50. The maximum atomic E-state index is 12.5. The third-order valence-corrected chi connectivity index (χ3v) is 2.92. The number of carbonyl (C=O) groups excluding carboxylic acids is 1. The summed E-state index contributed by atoms with van der Waals surface area (Å²) >= 11 is 0. The van der Waals surface area contributed by atoms with Crippen LogP contribution in [-0.4, -0.2) is 51.8 Å². The highest BCUT2D eigenvalue weighted by atomic mass is 19.3. The van der Waals surface area contributed by atoms with Gasteiger partial charge in [-0.1, -0.05) is 13.8 Å². The number of aromatic nitrogens is 2. The van der Waals surface area contributed by atoms with Crippen molar-refractivity contribution >= 4 is 5.91 Å². The predicted octanol–water partition coefficient (Wildman–Crippen LogP) is 1.73. The van der Waals surface area contributed by atoms with Crippen LogP contribution in [0.15, 0.2) is 6.07 Å². The lowest BCUT2D eigenvalue weighted by molar-refractivity contribution is 0.0499. The highest BCUT2D eigenvalue weighted by molar-refractivity contribution is 5.92. The van der Waals surface area contributed by atoms with Crippen molar-refractivity contribution in [1.82, 2.24) is 14.7 Å². The second-order valence-electron chi connectivity index (χ2n) is 4.79. The fourth-order valence-corrected chi connectivity index (χ4v) is 1.86. The Labute approximate surface area is 117 Å². The van der Waals surface area contributed by atoms with Gasteiger partial charge in [0.05, 0.1) is 18.8 Å². The Balaban J connectivity index is 3.03. The Morgan fingerprint density at radius 2 is 2.15 bits per heavy atom. The van der Waals surface area contributed by atoms with Crippen molar-refractivity contribution in [2.45, 2.75) is 39.7 Å². The predicted molar refractivity (Wildman–Crippen MR) is 71.0 cm³/mol. The summed E-state index contributed by atoms with van der Waals surface area (Å²) in [4.78, 5) is 13.3. The molecule has 114 valence electrons. The number of aliphatic hydroxyl groups excluding tert-OH is 1. The molecule has 1 N–H and O–H groups in total. The molecule has 0 radical (unpaired) electrons. The van der Waals surface area contributed by atoms with Crippen molar-refractivity contribution in [3.8, 4) is 0 Å². The van der Waals surface area contributed by atoms with Gasteiger partial charge in [0.2, 0.25) is 0 Å². The van der Waals surface area contributed by atoms with Gasteiger partial charge >= 0.3 is 0 Å². The summed E-state index contributed by atoms with van der Waals surface area (Å²) in [6, 6.07) is 1.63. The lowest BCUT2D eigenvalue weighted by atomic mass is 10.1. The van der Waals surface area contributed by atoms with Gasteiger partial charge in [0.1, 0.15) is 5.69 Å². The van der Waals surface area contributed by atoms with Gasteiger partial charge in [-0.2, -0.15) is 5.10 Å². The average molecular weight is 289 g/mol. The number of carbonyl (C=O) groups is 1. The first-order valence-corrected chi connectivity index (χ1v) is 6.66. The number of hydrogen-bond donors (Lipinski definition) is 1. The number of aliphatic hydroxyl groups is 1. The second kappa shape index (κ2) is 7.33. The fraction of sp³-hybridized carbons (Fsp3) is 0.692. The minimum atomic E-state index is -2.63. The van der Waals surface area contributed by atoms with Crippen LogP contribution in [0.3, 0.4) is 0 Å². The van der Waals surface area contributed by atoms with Crippen molar-refractivity contribution in [3.63, 3.8) is 0 Å². The monoisotopic (exact) mass is 289 g/mol. The van der Waals surface area contributed by atoms with E-state index in [2.05, 4.69) is 5.10 Å². The maximum Gasteiger partial charge on any atom is 0.272 e. The molecule has 0 aliphatic rings. The molecule has 1 aromatic heterocycles. The number of hydrogen-bond acceptors (Lipinski definition) is 3. The van der Waals surface area contributed by atoms with E-state index in [1.54, 1.807) is 6.07 Å². The zero-order chi connectivity index (χ0) is 15.3. The van der Waals surface area contributed by atoms with Crippen LogP contribution in [0.4, 0.5) is 8.78 Å². The first kappa shape index (κ1) is 16.6. The zero-order valence-corrected chi connectivity index (χ0v) is 12.0. The van der Waals surface area contributed by atoms with E-state index in [9.17, 15) is 13.6 Å². The van der Waals surface area contributed by atoms with Crippen molar-refractivity contribution in [1.29, 1.82) is 0 Å². The molecule has 0 unspecified atom stereocenters. The Morgan fingerprint density at radius 3 is 2.60 bits per heavy atom. The van der Waals surface area contributed by atoms with Crippen molar-refractivity contribution in [2.75, 3.05) is 19.7 Å². The zero-order valence-electron chi connectivity index (χ0n) is 12.0. The van der Waals surface area contributed by atoms with Crippen LogP contribution in [-0.2, 0) is 6.54 Å². The lowest BCUT2D eigenvalue weighted by Crippen LogP contribution is -2.38. The summed E-state index contributed by atoms with van der Waals surface area (Å²) < 4.78 is 26.5. The van der Waals surface area contributed by atoms with E-state index in [0.717, 1.165) is 10.6 Å². The molecule has 1 heterocycles. The lowest BCUT2D eigenvalue weighted by Gasteiger charge is -2.21. The largest absolute Gasteiger partial charge is 0.395 e. The molecule has 7 heteroatoms. The summed E-state index contributed by atoms with van der Waals surface area (Å²) in [6.45, 7) is 5.05. The van der Waals surface area contributed by atoms with E-state index < -0.39 is 18.9 Å². The molecule has 0 fully saturated rings. The van der Waals surface area contributed by atoms with Crippen molar-refractivity contribution < 1.29 is 18.7 Å². The van der Waals surface area contributed by atoms with E-state index >= 15 is 0 Å². The summed E-state index contributed by atoms with van der Waals surface area (Å²) in [5, 5.41) is 13.2. The van der Waals surface area contributed by atoms with Crippen molar-refractivity contribution in [2.24, 2.45) is 0 Å². The molecule has 0 aliphatic carbocycles. The first-order valence-electron chi connectivity index (χ1n) is 6.66. The van der Waals surface area contributed by atoms with Gasteiger partial charge in [0.25, 0.3) is 12.3 Å². The average Bonchev–Trinajstić information content (AvgIpc) is 2.81. The maximum absolute atomic E-state index is 12.5. The van der Waals surface area contributed by atoms with Crippen LogP contribution in [0.25, 0.3) is 0 Å². The highest BCUT2D eigenvalue weighted by Crippen LogP contribution is 2.16. The van der Waals surface area contributed by atoms with E-state index in [-0.39, 0.29) is 24.8 Å². The molecule has 0 aliphatic heterocycles. The number of amides is 1. The van der Waals surface area contributed by atoms with Crippen LogP contribution in [0.5, 0.6) is 0 Å². The summed E-state index contributed by atoms with van der Waals surface area (Å²) in [7, 11) is 0. The molecule has 0 saturated carbocycles. The third-order valence-electron chi connectivity index (χ3n) is 2.92. The van der Waals surface area contributed by atoms with E-state index in [1.807, 2.05) is 20.8 Å². The molecule has 0 atom stereocenters. The molecule has 5 nitrogen and oxygen atoms in total. The minimum absolute atomic E-state index is 0.116. The first-order chi connectivity index (χ1) is 9.40. The van der Waals surface area contributed by atoms with Crippen molar-refractivity contribution in [3.05, 3.63) is 17.5 Å². The quantitative estimate of drug-likeness (QED) is 0.831. The molecule has 1 aromatic rings. The number of halogens is 2. The van der Waals surface area contributed by atoms with Crippen LogP contribution in [0.1, 0.15) is 42.9 Å². The smallest absolute Gasteiger partial charge is 0.272 e. The molecule has 20 heavy (non-hydrogen) atoms. The van der Waals surface area contributed by atoms with Gasteiger partial charge in [-0.3, -0.25) is 9.48 Å². The summed E-state index contributed by atoms with van der Waals surface area (Å²) in [5.41, 5.74) is 1.03. The van der Waals surface area contributed by atoms with Crippen LogP contribution in [0.2, 0.25) is 0 Å². The molecule has 0 bridgehead atoms.